The maximum atomic E-state index is 13.1. The molecule has 7 nitrogen and oxygen atoms in total. The van der Waals surface area contributed by atoms with Crippen molar-refractivity contribution >= 4 is 23.2 Å². The minimum Gasteiger partial charge on any atom is -0.497 e. The van der Waals surface area contributed by atoms with E-state index in [0.29, 0.717) is 27.8 Å². The molecule has 0 heterocycles. The smallest absolute Gasteiger partial charge is 0.279 e. The number of ether oxygens (including phenoxy) is 2. The summed E-state index contributed by atoms with van der Waals surface area (Å²) < 4.78 is 23.5. The third-order valence-electron chi connectivity index (χ3n) is 3.72. The highest BCUT2D eigenvalue weighted by molar-refractivity contribution is 5.94. The van der Waals surface area contributed by atoms with Crippen molar-refractivity contribution in [2.75, 3.05) is 45.0 Å². The van der Waals surface area contributed by atoms with Gasteiger partial charge in [-0.1, -0.05) is 6.07 Å². The van der Waals surface area contributed by atoms with E-state index in [0.717, 1.165) is 0 Å². The van der Waals surface area contributed by atoms with Gasteiger partial charge in [-0.3, -0.25) is 9.59 Å². The van der Waals surface area contributed by atoms with Gasteiger partial charge in [0.2, 0.25) is 0 Å². The second-order valence-electron chi connectivity index (χ2n) is 5.98. The summed E-state index contributed by atoms with van der Waals surface area (Å²) in [5.41, 5.74) is 0.889. The van der Waals surface area contributed by atoms with E-state index in [9.17, 15) is 14.0 Å². The number of carbonyl (C=O) groups excluding carboxylic acids is 2. The van der Waals surface area contributed by atoms with Crippen LogP contribution in [-0.2, 0) is 9.59 Å². The first-order valence-electron chi connectivity index (χ1n) is 8.30. The monoisotopic (exact) mass is 376 g/mol. The number of hydrogen-bond acceptors (Lipinski definition) is 4. The van der Waals surface area contributed by atoms with Crippen LogP contribution in [0.15, 0.2) is 42.5 Å². The molecular weight excluding hydrogens is 353 g/mol. The van der Waals surface area contributed by atoms with E-state index in [4.69, 9.17) is 9.47 Å². The molecule has 2 rings (SSSR count). The van der Waals surface area contributed by atoms with Crippen LogP contribution in [0.4, 0.5) is 15.8 Å². The molecule has 0 radical (unpaired) electrons. The van der Waals surface area contributed by atoms with E-state index in [1.54, 1.807) is 38.4 Å². The molecule has 0 aliphatic rings. The minimum atomic E-state index is -0.429. The number of anilines is 2. The van der Waals surface area contributed by atoms with Crippen LogP contribution >= 0.6 is 0 Å². The predicted octanol–water partition coefficient (Wildman–Crippen LogP) is 0.935. The molecule has 0 bridgehead atoms. The SMILES string of the molecule is COc1ccc(NC(=O)C[NH+](C)CC(=O)Nc2cccc(F)c2)c(OC)c1. The molecule has 3 N–H and O–H groups in total. The van der Waals surface area contributed by atoms with Crippen molar-refractivity contribution in [2.24, 2.45) is 0 Å². The number of halogens is 1. The molecule has 0 saturated heterocycles. The molecule has 2 aromatic rings. The summed E-state index contributed by atoms with van der Waals surface area (Å²) in [6.07, 6.45) is 0. The van der Waals surface area contributed by atoms with Gasteiger partial charge in [0.15, 0.2) is 13.1 Å². The Balaban J connectivity index is 1.87. The fraction of sp³-hybridized carbons (Fsp3) is 0.263. The average molecular weight is 376 g/mol. The van der Waals surface area contributed by atoms with Gasteiger partial charge in [0.05, 0.1) is 27.0 Å². The predicted molar refractivity (Wildman–Crippen MR) is 99.8 cm³/mol. The van der Waals surface area contributed by atoms with Gasteiger partial charge in [-0.25, -0.2) is 4.39 Å². The Morgan fingerprint density at radius 2 is 1.70 bits per heavy atom. The fourth-order valence-electron chi connectivity index (χ4n) is 2.48. The van der Waals surface area contributed by atoms with Crippen LogP contribution in [0.3, 0.4) is 0 Å². The van der Waals surface area contributed by atoms with Gasteiger partial charge in [-0.15, -0.1) is 0 Å². The van der Waals surface area contributed by atoms with Gasteiger partial charge in [0.25, 0.3) is 11.8 Å². The molecule has 8 heteroatoms. The van der Waals surface area contributed by atoms with Crippen LogP contribution in [0.25, 0.3) is 0 Å². The topological polar surface area (TPSA) is 81.1 Å². The lowest BCUT2D eigenvalue weighted by Crippen LogP contribution is -3.11. The van der Waals surface area contributed by atoms with Crippen LogP contribution in [0.2, 0.25) is 0 Å². The average Bonchev–Trinajstić information content (AvgIpc) is 2.61. The first-order valence-corrected chi connectivity index (χ1v) is 8.30. The quantitative estimate of drug-likeness (QED) is 0.640. The second kappa shape index (κ2) is 9.54. The van der Waals surface area contributed by atoms with Gasteiger partial charge in [-0.05, 0) is 30.3 Å². The number of carbonyl (C=O) groups is 2. The molecule has 27 heavy (non-hydrogen) atoms. The molecule has 2 amide bonds. The van der Waals surface area contributed by atoms with Gasteiger partial charge in [0, 0.05) is 11.8 Å². The van der Waals surface area contributed by atoms with Gasteiger partial charge in [0.1, 0.15) is 17.3 Å². The second-order valence-corrected chi connectivity index (χ2v) is 5.98. The normalized spacial score (nSPS) is 11.4. The number of likely N-dealkylation sites (N-methyl/N-ethyl adjacent to an activating group) is 1. The maximum absolute atomic E-state index is 13.1. The number of quaternary nitrogens is 1. The van der Waals surface area contributed by atoms with Crippen molar-refractivity contribution in [3.63, 3.8) is 0 Å². The zero-order valence-electron chi connectivity index (χ0n) is 15.5. The Morgan fingerprint density at radius 3 is 2.33 bits per heavy atom. The summed E-state index contributed by atoms with van der Waals surface area (Å²) >= 11 is 0. The van der Waals surface area contributed by atoms with E-state index in [2.05, 4.69) is 10.6 Å². The van der Waals surface area contributed by atoms with Crippen LogP contribution in [-0.4, -0.2) is 46.2 Å². The van der Waals surface area contributed by atoms with Gasteiger partial charge in [-0.2, -0.15) is 0 Å². The van der Waals surface area contributed by atoms with E-state index < -0.39 is 5.82 Å². The molecule has 0 fully saturated rings. The highest BCUT2D eigenvalue weighted by atomic mass is 19.1. The van der Waals surface area contributed by atoms with Crippen molar-refractivity contribution in [3.05, 3.63) is 48.3 Å². The van der Waals surface area contributed by atoms with E-state index >= 15 is 0 Å². The van der Waals surface area contributed by atoms with Crippen LogP contribution in [0.1, 0.15) is 0 Å². The van der Waals surface area contributed by atoms with Gasteiger partial charge < -0.3 is 25.0 Å². The molecule has 1 atom stereocenters. The summed E-state index contributed by atoms with van der Waals surface area (Å²) in [6, 6.07) is 10.7. The summed E-state index contributed by atoms with van der Waals surface area (Å²) in [5, 5.41) is 5.35. The Kier molecular flexibility index (Phi) is 7.13. The maximum Gasteiger partial charge on any atom is 0.279 e. The zero-order chi connectivity index (χ0) is 19.8. The third-order valence-corrected chi connectivity index (χ3v) is 3.72. The Hall–Kier alpha value is -3.13. The Bertz CT molecular complexity index is 813. The largest absolute Gasteiger partial charge is 0.497 e. The third kappa shape index (κ3) is 6.27. The summed E-state index contributed by atoms with van der Waals surface area (Å²) in [4.78, 5) is 24.9. The van der Waals surface area contributed by atoms with Crippen molar-refractivity contribution in [3.8, 4) is 11.5 Å². The number of methoxy groups -OCH3 is 2. The van der Waals surface area contributed by atoms with E-state index in [1.165, 1.54) is 25.3 Å². The minimum absolute atomic E-state index is 0.0592. The van der Waals surface area contributed by atoms with Crippen LogP contribution < -0.4 is 25.0 Å². The van der Waals surface area contributed by atoms with E-state index in [-0.39, 0.29) is 24.9 Å². The van der Waals surface area contributed by atoms with E-state index in [1.807, 2.05) is 0 Å². The molecule has 0 saturated carbocycles. The molecule has 2 aromatic carbocycles. The van der Waals surface area contributed by atoms with Crippen molar-refractivity contribution < 1.29 is 28.4 Å². The van der Waals surface area contributed by atoms with Crippen molar-refractivity contribution in [1.29, 1.82) is 0 Å². The molecule has 0 spiro atoms. The molecule has 1 unspecified atom stereocenters. The zero-order valence-corrected chi connectivity index (χ0v) is 15.5. The summed E-state index contributed by atoms with van der Waals surface area (Å²) in [7, 11) is 4.76. The first kappa shape index (κ1) is 20.2. The summed E-state index contributed by atoms with van der Waals surface area (Å²) in [6.45, 7) is 0.134. The fourth-order valence-corrected chi connectivity index (χ4v) is 2.48. The lowest BCUT2D eigenvalue weighted by Gasteiger charge is -2.15. The van der Waals surface area contributed by atoms with Crippen LogP contribution in [0.5, 0.6) is 11.5 Å². The lowest BCUT2D eigenvalue weighted by molar-refractivity contribution is -0.862. The highest BCUT2D eigenvalue weighted by Crippen LogP contribution is 2.28. The number of benzene rings is 2. The molecule has 0 aromatic heterocycles. The number of amides is 2. The van der Waals surface area contributed by atoms with Crippen molar-refractivity contribution in [1.82, 2.24) is 0 Å². The Morgan fingerprint density at radius 1 is 1.00 bits per heavy atom. The molecule has 144 valence electrons. The first-order chi connectivity index (χ1) is 12.9. The Labute approximate surface area is 157 Å². The molecule has 0 aliphatic carbocycles. The summed E-state index contributed by atoms with van der Waals surface area (Å²) in [5.74, 6) is 0.0783. The number of hydrogen-bond donors (Lipinski definition) is 3. The number of rotatable bonds is 8. The lowest BCUT2D eigenvalue weighted by atomic mass is 10.2. The molecular formula is C19H23FN3O4+. The highest BCUT2D eigenvalue weighted by Gasteiger charge is 2.16. The number of nitrogens with one attached hydrogen (secondary N) is 3. The van der Waals surface area contributed by atoms with Crippen LogP contribution in [0, 0.1) is 5.82 Å². The standard InChI is InChI=1S/C19H22FN3O4/c1-23(11-18(24)21-14-6-4-5-13(20)9-14)12-19(25)22-16-8-7-15(26-2)10-17(16)27-3/h4-10H,11-12H2,1-3H3,(H,21,24)(H,22,25)/p+1. The molecule has 0 aliphatic heterocycles. The van der Waals surface area contributed by atoms with Crippen molar-refractivity contribution in [2.45, 2.75) is 0 Å². The van der Waals surface area contributed by atoms with Gasteiger partial charge >= 0.3 is 0 Å².